The van der Waals surface area contributed by atoms with E-state index in [1.54, 1.807) is 18.0 Å². The van der Waals surface area contributed by atoms with Gasteiger partial charge in [-0.3, -0.25) is 4.90 Å². The van der Waals surface area contributed by atoms with Crippen LogP contribution >= 0.6 is 0 Å². The molecule has 0 amide bonds. The first kappa shape index (κ1) is 15.2. The van der Waals surface area contributed by atoms with Gasteiger partial charge in [0.2, 0.25) is 5.95 Å². The predicted octanol–water partition coefficient (Wildman–Crippen LogP) is 4.26. The van der Waals surface area contributed by atoms with E-state index in [1.807, 2.05) is 24.3 Å². The average molecular weight is 321 g/mol. The molecule has 0 fully saturated rings. The number of hydrogen-bond donors (Lipinski definition) is 1. The number of nitrogens with zero attached hydrogens (tertiary/aromatic N) is 2. The Morgan fingerprint density at radius 3 is 2.74 bits per heavy atom. The number of H-pyrrole nitrogens is 1. The van der Waals surface area contributed by atoms with E-state index in [0.717, 1.165) is 11.0 Å². The van der Waals surface area contributed by atoms with Crippen molar-refractivity contribution in [3.05, 3.63) is 60.1 Å². The summed E-state index contributed by atoms with van der Waals surface area (Å²) in [4.78, 5) is 9.27. The molecule has 2 aromatic rings. The van der Waals surface area contributed by atoms with Gasteiger partial charge < -0.3 is 9.72 Å². The van der Waals surface area contributed by atoms with Crippen LogP contribution in [0.25, 0.3) is 11.0 Å². The molecule has 3 rings (SSSR count). The van der Waals surface area contributed by atoms with Crippen LogP contribution < -0.4 is 4.90 Å². The molecule has 0 atom stereocenters. The predicted molar refractivity (Wildman–Crippen MR) is 81.6 cm³/mol. The molecule has 0 aliphatic carbocycles. The number of anilines is 1. The number of aromatic amines is 1. The Morgan fingerprint density at radius 2 is 2.04 bits per heavy atom. The summed E-state index contributed by atoms with van der Waals surface area (Å²) in [5.74, 6) is 0.696. The Labute approximate surface area is 130 Å². The molecule has 0 saturated carbocycles. The highest BCUT2D eigenvalue weighted by atomic mass is 19.4. The van der Waals surface area contributed by atoms with Crippen LogP contribution in [0.1, 0.15) is 6.92 Å². The molecule has 23 heavy (non-hydrogen) atoms. The summed E-state index contributed by atoms with van der Waals surface area (Å²) in [6.45, 7) is 4.24. The van der Waals surface area contributed by atoms with Gasteiger partial charge in [-0.2, -0.15) is 13.2 Å². The lowest BCUT2D eigenvalue weighted by atomic mass is 10.1. The first-order chi connectivity index (χ1) is 10.8. The third-order valence-electron chi connectivity index (χ3n) is 3.46. The first-order valence-corrected chi connectivity index (χ1v) is 6.87. The van der Waals surface area contributed by atoms with Crippen LogP contribution in [0.4, 0.5) is 19.1 Å². The molecule has 1 N–H and O–H groups in total. The molecule has 0 radical (unpaired) electrons. The lowest BCUT2D eigenvalue weighted by Gasteiger charge is -2.26. The molecule has 1 aromatic heterocycles. The van der Waals surface area contributed by atoms with Crippen molar-refractivity contribution in [1.82, 2.24) is 9.97 Å². The molecule has 1 aliphatic rings. The van der Waals surface area contributed by atoms with Crippen LogP contribution in [-0.4, -0.2) is 22.8 Å². The zero-order valence-corrected chi connectivity index (χ0v) is 12.3. The molecular formula is C16H14F3N3O. The van der Waals surface area contributed by atoms with E-state index in [9.17, 15) is 13.2 Å². The summed E-state index contributed by atoms with van der Waals surface area (Å²) < 4.78 is 41.6. The lowest BCUT2D eigenvalue weighted by Crippen LogP contribution is -2.23. The van der Waals surface area contributed by atoms with Gasteiger partial charge in [0.05, 0.1) is 11.0 Å². The minimum Gasteiger partial charge on any atom is -0.484 e. The number of fused-ring (bicyclic) bond motifs is 1. The Hall–Kier alpha value is -2.70. The van der Waals surface area contributed by atoms with Crippen LogP contribution in [-0.2, 0) is 4.74 Å². The van der Waals surface area contributed by atoms with Crippen molar-refractivity contribution in [2.45, 2.75) is 13.1 Å². The monoisotopic (exact) mass is 321 g/mol. The molecular weight excluding hydrogens is 307 g/mol. The number of aromatic nitrogens is 2. The Balaban J connectivity index is 1.84. The molecule has 1 aromatic carbocycles. The molecule has 0 saturated heterocycles. The van der Waals surface area contributed by atoms with Gasteiger partial charge in [-0.05, 0) is 25.1 Å². The maximum atomic E-state index is 12.3. The molecule has 0 spiro atoms. The van der Waals surface area contributed by atoms with E-state index in [0.29, 0.717) is 17.2 Å². The lowest BCUT2D eigenvalue weighted by molar-refractivity contribution is -0.164. The van der Waals surface area contributed by atoms with Crippen molar-refractivity contribution < 1.29 is 17.9 Å². The fraction of sp³-hybridized carbons (Fsp3) is 0.188. The summed E-state index contributed by atoms with van der Waals surface area (Å²) in [6.07, 6.45) is -1.32. The number of benzene rings is 1. The highest BCUT2D eigenvalue weighted by Crippen LogP contribution is 2.30. The molecule has 120 valence electrons. The molecule has 2 heterocycles. The van der Waals surface area contributed by atoms with Gasteiger partial charge in [0.15, 0.2) is 6.61 Å². The topological polar surface area (TPSA) is 41.1 Å². The quantitative estimate of drug-likeness (QED) is 0.918. The third kappa shape index (κ3) is 3.08. The first-order valence-electron chi connectivity index (χ1n) is 6.87. The fourth-order valence-electron chi connectivity index (χ4n) is 2.25. The second-order valence-electron chi connectivity index (χ2n) is 5.10. The van der Waals surface area contributed by atoms with Crippen LogP contribution in [0.3, 0.4) is 0 Å². The fourth-order valence-corrected chi connectivity index (χ4v) is 2.25. The maximum absolute atomic E-state index is 12.3. The Morgan fingerprint density at radius 1 is 1.30 bits per heavy atom. The van der Waals surface area contributed by atoms with Gasteiger partial charge in [0.1, 0.15) is 5.76 Å². The molecule has 0 unspecified atom stereocenters. The van der Waals surface area contributed by atoms with Gasteiger partial charge in [-0.1, -0.05) is 18.7 Å². The van der Waals surface area contributed by atoms with Crippen molar-refractivity contribution in [3.63, 3.8) is 0 Å². The van der Waals surface area contributed by atoms with Crippen molar-refractivity contribution in [1.29, 1.82) is 0 Å². The van der Waals surface area contributed by atoms with Crippen LogP contribution in [0.2, 0.25) is 0 Å². The second-order valence-corrected chi connectivity index (χ2v) is 5.10. The van der Waals surface area contributed by atoms with E-state index in [1.165, 1.54) is 6.08 Å². The van der Waals surface area contributed by atoms with Crippen LogP contribution in [0.15, 0.2) is 60.1 Å². The van der Waals surface area contributed by atoms with E-state index in [-0.39, 0.29) is 5.76 Å². The van der Waals surface area contributed by atoms with Crippen LogP contribution in [0, 0.1) is 0 Å². The van der Waals surface area contributed by atoms with Crippen LogP contribution in [0.5, 0.6) is 0 Å². The molecule has 1 aliphatic heterocycles. The number of imidazole rings is 1. The second kappa shape index (κ2) is 5.49. The van der Waals surface area contributed by atoms with Crippen molar-refractivity contribution >= 4 is 17.0 Å². The van der Waals surface area contributed by atoms with E-state index in [2.05, 4.69) is 16.5 Å². The van der Waals surface area contributed by atoms with Gasteiger partial charge in [0.25, 0.3) is 0 Å². The number of nitrogens with one attached hydrogen (secondary N) is 1. The number of para-hydroxylation sites is 2. The standard InChI is InChI=1S/C16H14F3N3O/c1-10-11(2)22(8-7-14(10)23-9-16(17,18)19)15-20-12-5-3-4-6-13(12)21-15/h3-8H,2,9H2,1H3,(H,20,21). The molecule has 0 bridgehead atoms. The number of rotatable bonds is 3. The number of allylic oxidation sites excluding steroid dienone is 2. The number of ether oxygens (including phenoxy) is 1. The molecule has 7 heteroatoms. The summed E-state index contributed by atoms with van der Waals surface area (Å²) >= 11 is 0. The maximum Gasteiger partial charge on any atom is 0.422 e. The largest absolute Gasteiger partial charge is 0.484 e. The van der Waals surface area contributed by atoms with Crippen molar-refractivity contribution in [3.8, 4) is 0 Å². The van der Waals surface area contributed by atoms with E-state index < -0.39 is 12.8 Å². The van der Waals surface area contributed by atoms with Gasteiger partial charge in [-0.15, -0.1) is 0 Å². The third-order valence-corrected chi connectivity index (χ3v) is 3.46. The summed E-state index contributed by atoms with van der Waals surface area (Å²) in [7, 11) is 0. The van der Waals surface area contributed by atoms with Crippen molar-refractivity contribution in [2.24, 2.45) is 0 Å². The van der Waals surface area contributed by atoms with Crippen molar-refractivity contribution in [2.75, 3.05) is 11.5 Å². The number of alkyl halides is 3. The minimum atomic E-state index is -4.38. The van der Waals surface area contributed by atoms with Gasteiger partial charge >= 0.3 is 6.18 Å². The van der Waals surface area contributed by atoms with Gasteiger partial charge in [0, 0.05) is 17.5 Å². The highest BCUT2D eigenvalue weighted by Gasteiger charge is 2.30. The zero-order valence-electron chi connectivity index (χ0n) is 12.3. The SMILES string of the molecule is C=C1C(C)=C(OCC(F)(F)F)C=CN1c1nc2ccccc2[nH]1. The minimum absolute atomic E-state index is 0.152. The smallest absolute Gasteiger partial charge is 0.422 e. The Bertz CT molecular complexity index is 784. The Kier molecular flexibility index (Phi) is 3.63. The summed E-state index contributed by atoms with van der Waals surface area (Å²) in [5.41, 5.74) is 2.69. The van der Waals surface area contributed by atoms with E-state index in [4.69, 9.17) is 4.74 Å². The van der Waals surface area contributed by atoms with Gasteiger partial charge in [-0.25, -0.2) is 4.98 Å². The normalized spacial score (nSPS) is 15.7. The number of halogens is 3. The highest BCUT2D eigenvalue weighted by molar-refractivity contribution is 5.78. The number of hydrogen-bond acceptors (Lipinski definition) is 3. The average Bonchev–Trinajstić information content (AvgIpc) is 2.91. The zero-order chi connectivity index (χ0) is 16.6. The van der Waals surface area contributed by atoms with E-state index >= 15 is 0 Å². The molecule has 4 nitrogen and oxygen atoms in total. The summed E-state index contributed by atoms with van der Waals surface area (Å²) in [6, 6.07) is 7.52. The summed E-state index contributed by atoms with van der Waals surface area (Å²) in [5, 5.41) is 0.